The van der Waals surface area contributed by atoms with E-state index in [1.807, 2.05) is 12.1 Å². The molecule has 0 atom stereocenters. The fourth-order valence-electron chi connectivity index (χ4n) is 2.53. The number of halogens is 1. The van der Waals surface area contributed by atoms with Crippen LogP contribution in [0, 0.1) is 0 Å². The minimum absolute atomic E-state index is 0.826. The zero-order valence-corrected chi connectivity index (χ0v) is 13.0. The molecule has 0 saturated carbocycles. The maximum atomic E-state index is 6.05. The predicted octanol–water partition coefficient (Wildman–Crippen LogP) is 3.56. The van der Waals surface area contributed by atoms with Gasteiger partial charge < -0.3 is 4.90 Å². The van der Waals surface area contributed by atoms with E-state index in [4.69, 9.17) is 11.6 Å². The zero-order chi connectivity index (χ0) is 13.5. The molecule has 4 heteroatoms. The molecular weight excluding hydrogens is 276 g/mol. The van der Waals surface area contributed by atoms with Crippen LogP contribution in [-0.4, -0.2) is 43.4 Å². The molecule has 0 radical (unpaired) electrons. The number of benzene rings is 1. The first-order valence-corrected chi connectivity index (χ1v) is 8.14. The highest BCUT2D eigenvalue weighted by molar-refractivity contribution is 7.80. The molecule has 0 spiro atoms. The second-order valence-electron chi connectivity index (χ2n) is 5.09. The Bertz CT molecular complexity index is 378. The fourth-order valence-corrected chi connectivity index (χ4v) is 2.93. The van der Waals surface area contributed by atoms with Crippen LogP contribution in [0.2, 0.25) is 5.02 Å². The molecule has 1 aromatic carbocycles. The van der Waals surface area contributed by atoms with Crippen molar-refractivity contribution in [3.05, 3.63) is 29.3 Å². The lowest BCUT2D eigenvalue weighted by atomic mass is 10.2. The van der Waals surface area contributed by atoms with Crippen molar-refractivity contribution < 1.29 is 0 Å². The molecule has 0 unspecified atom stereocenters. The third-order valence-corrected chi connectivity index (χ3v) is 4.23. The lowest BCUT2D eigenvalue weighted by Crippen LogP contribution is -2.46. The molecule has 1 aliphatic heterocycles. The Kier molecular flexibility index (Phi) is 6.35. The largest absolute Gasteiger partial charge is 0.369 e. The van der Waals surface area contributed by atoms with Crippen molar-refractivity contribution in [2.24, 2.45) is 0 Å². The molecule has 1 aliphatic rings. The van der Waals surface area contributed by atoms with Crippen molar-refractivity contribution in [1.82, 2.24) is 4.90 Å². The average molecular weight is 299 g/mol. The van der Waals surface area contributed by atoms with Gasteiger partial charge in [0.25, 0.3) is 0 Å². The van der Waals surface area contributed by atoms with E-state index in [1.165, 1.54) is 31.5 Å². The van der Waals surface area contributed by atoms with Gasteiger partial charge in [0, 0.05) is 36.9 Å². The summed E-state index contributed by atoms with van der Waals surface area (Å²) in [5.41, 5.74) is 1.25. The number of unbranched alkanes of at least 4 members (excludes halogenated alkanes) is 2. The van der Waals surface area contributed by atoms with Crippen molar-refractivity contribution in [3.8, 4) is 0 Å². The number of anilines is 1. The molecule has 1 heterocycles. The highest BCUT2D eigenvalue weighted by Gasteiger charge is 2.16. The first-order valence-electron chi connectivity index (χ1n) is 7.13. The summed E-state index contributed by atoms with van der Waals surface area (Å²) in [6.07, 6.45) is 3.85. The predicted molar refractivity (Wildman–Crippen MR) is 87.8 cm³/mol. The highest BCUT2D eigenvalue weighted by atomic mass is 35.5. The normalized spacial score (nSPS) is 16.8. The van der Waals surface area contributed by atoms with E-state index in [0.29, 0.717) is 0 Å². The van der Waals surface area contributed by atoms with Crippen LogP contribution in [0.1, 0.15) is 19.3 Å². The van der Waals surface area contributed by atoms with Crippen LogP contribution in [0.5, 0.6) is 0 Å². The van der Waals surface area contributed by atoms with Gasteiger partial charge in [-0.25, -0.2) is 0 Å². The van der Waals surface area contributed by atoms with Gasteiger partial charge in [0.15, 0.2) is 0 Å². The molecule has 19 heavy (non-hydrogen) atoms. The van der Waals surface area contributed by atoms with Crippen molar-refractivity contribution in [1.29, 1.82) is 0 Å². The molecule has 0 N–H and O–H groups in total. The monoisotopic (exact) mass is 298 g/mol. The summed E-state index contributed by atoms with van der Waals surface area (Å²) in [7, 11) is 0. The minimum Gasteiger partial charge on any atom is -0.369 e. The van der Waals surface area contributed by atoms with Crippen molar-refractivity contribution in [2.75, 3.05) is 43.4 Å². The summed E-state index contributed by atoms with van der Waals surface area (Å²) in [6, 6.07) is 8.17. The van der Waals surface area contributed by atoms with Crippen molar-refractivity contribution in [2.45, 2.75) is 19.3 Å². The Labute approximate surface area is 127 Å². The van der Waals surface area contributed by atoms with E-state index >= 15 is 0 Å². The van der Waals surface area contributed by atoms with Crippen LogP contribution < -0.4 is 4.90 Å². The molecule has 1 fully saturated rings. The number of rotatable bonds is 6. The standard InChI is InChI=1S/C15H23ClN2S/c16-14-5-4-6-15(13-14)18-10-8-17(9-11-18)7-2-1-3-12-19/h4-6,13,19H,1-3,7-12H2. The van der Waals surface area contributed by atoms with E-state index < -0.39 is 0 Å². The van der Waals surface area contributed by atoms with Gasteiger partial charge in [0.05, 0.1) is 0 Å². The van der Waals surface area contributed by atoms with Gasteiger partial charge in [-0.1, -0.05) is 24.1 Å². The van der Waals surface area contributed by atoms with E-state index in [1.54, 1.807) is 0 Å². The van der Waals surface area contributed by atoms with E-state index in [0.717, 1.165) is 37.0 Å². The Hall–Kier alpha value is -0.380. The second-order valence-corrected chi connectivity index (χ2v) is 5.98. The summed E-state index contributed by atoms with van der Waals surface area (Å²) >= 11 is 10.3. The quantitative estimate of drug-likeness (QED) is 0.634. The molecule has 0 aliphatic carbocycles. The Morgan fingerprint density at radius 3 is 2.53 bits per heavy atom. The third-order valence-electron chi connectivity index (χ3n) is 3.68. The molecule has 2 nitrogen and oxygen atoms in total. The van der Waals surface area contributed by atoms with Crippen LogP contribution in [0.3, 0.4) is 0 Å². The molecule has 0 bridgehead atoms. The number of hydrogen-bond donors (Lipinski definition) is 1. The van der Waals surface area contributed by atoms with Crippen molar-refractivity contribution >= 4 is 29.9 Å². The summed E-state index contributed by atoms with van der Waals surface area (Å²) in [6.45, 7) is 5.76. The van der Waals surface area contributed by atoms with Gasteiger partial charge in [-0.3, -0.25) is 4.90 Å². The van der Waals surface area contributed by atoms with Gasteiger partial charge in [-0.2, -0.15) is 12.6 Å². The number of nitrogens with zero attached hydrogens (tertiary/aromatic N) is 2. The Morgan fingerprint density at radius 1 is 1.05 bits per heavy atom. The summed E-state index contributed by atoms with van der Waals surface area (Å²) in [5.74, 6) is 1.02. The molecule has 2 rings (SSSR count). The zero-order valence-electron chi connectivity index (χ0n) is 11.4. The Balaban J connectivity index is 1.73. The summed E-state index contributed by atoms with van der Waals surface area (Å²) in [5, 5.41) is 0.826. The van der Waals surface area contributed by atoms with Gasteiger partial charge >= 0.3 is 0 Å². The van der Waals surface area contributed by atoms with Crippen LogP contribution in [0.25, 0.3) is 0 Å². The molecular formula is C15H23ClN2S. The maximum absolute atomic E-state index is 6.05. The second kappa shape index (κ2) is 8.03. The topological polar surface area (TPSA) is 6.48 Å². The lowest BCUT2D eigenvalue weighted by molar-refractivity contribution is 0.253. The molecule has 1 aromatic rings. The van der Waals surface area contributed by atoms with Gasteiger partial charge in [0.1, 0.15) is 0 Å². The van der Waals surface area contributed by atoms with Crippen LogP contribution in [-0.2, 0) is 0 Å². The maximum Gasteiger partial charge on any atom is 0.0426 e. The molecule has 106 valence electrons. The lowest BCUT2D eigenvalue weighted by Gasteiger charge is -2.36. The van der Waals surface area contributed by atoms with Crippen LogP contribution in [0.15, 0.2) is 24.3 Å². The first kappa shape index (κ1) is 15.0. The summed E-state index contributed by atoms with van der Waals surface area (Å²) in [4.78, 5) is 5.00. The SMILES string of the molecule is SCCCCCN1CCN(c2cccc(Cl)c2)CC1. The third kappa shape index (κ3) is 4.90. The van der Waals surface area contributed by atoms with Crippen LogP contribution in [0.4, 0.5) is 5.69 Å². The summed E-state index contributed by atoms with van der Waals surface area (Å²) < 4.78 is 0. The van der Waals surface area contributed by atoms with E-state index in [2.05, 4.69) is 34.6 Å². The number of thiol groups is 1. The first-order chi connectivity index (χ1) is 9.29. The van der Waals surface area contributed by atoms with E-state index in [-0.39, 0.29) is 0 Å². The number of piperazine rings is 1. The molecule has 1 saturated heterocycles. The van der Waals surface area contributed by atoms with Crippen LogP contribution >= 0.6 is 24.2 Å². The minimum atomic E-state index is 0.826. The van der Waals surface area contributed by atoms with Gasteiger partial charge in [0.2, 0.25) is 0 Å². The molecule has 0 amide bonds. The van der Waals surface area contributed by atoms with Crippen molar-refractivity contribution in [3.63, 3.8) is 0 Å². The smallest absolute Gasteiger partial charge is 0.0426 e. The Morgan fingerprint density at radius 2 is 1.84 bits per heavy atom. The number of hydrogen-bond acceptors (Lipinski definition) is 3. The fraction of sp³-hybridized carbons (Fsp3) is 0.600. The van der Waals surface area contributed by atoms with Gasteiger partial charge in [-0.05, 0) is 43.3 Å². The van der Waals surface area contributed by atoms with E-state index in [9.17, 15) is 0 Å². The highest BCUT2D eigenvalue weighted by Crippen LogP contribution is 2.20. The van der Waals surface area contributed by atoms with Gasteiger partial charge in [-0.15, -0.1) is 0 Å². The average Bonchev–Trinajstić information content (AvgIpc) is 2.44. The molecule has 0 aromatic heterocycles.